The van der Waals surface area contributed by atoms with Gasteiger partial charge in [-0.1, -0.05) is 6.92 Å². The van der Waals surface area contributed by atoms with E-state index in [1.54, 1.807) is 0 Å². The molecule has 0 spiro atoms. The van der Waals surface area contributed by atoms with Crippen LogP contribution in [-0.2, 0) is 0 Å². The molecular weight excluding hydrogens is 138 g/mol. The average molecular weight is 151 g/mol. The minimum atomic E-state index is 0.720. The van der Waals surface area contributed by atoms with Crippen molar-refractivity contribution in [3.8, 4) is 0 Å². The van der Waals surface area contributed by atoms with E-state index >= 15 is 0 Å². The first-order valence-electron chi connectivity index (χ1n) is 3.85. The van der Waals surface area contributed by atoms with E-state index in [0.29, 0.717) is 0 Å². The molecule has 1 heterocycles. The van der Waals surface area contributed by atoms with Gasteiger partial charge in [-0.2, -0.15) is 0 Å². The van der Waals surface area contributed by atoms with Crippen molar-refractivity contribution < 1.29 is 0 Å². The molecule has 0 aliphatic rings. The number of anilines is 1. The summed E-state index contributed by atoms with van der Waals surface area (Å²) in [6.45, 7) is 5.02. The van der Waals surface area contributed by atoms with Crippen LogP contribution in [0.15, 0.2) is 12.4 Å². The molecule has 1 aromatic rings. The molecule has 0 atom stereocenters. The molecule has 0 radical (unpaired) electrons. The van der Waals surface area contributed by atoms with Crippen LogP contribution >= 0.6 is 0 Å². The summed E-state index contributed by atoms with van der Waals surface area (Å²) in [7, 11) is 0. The SMILES string of the molecule is CCCNc1ncc(C)cn1. The van der Waals surface area contributed by atoms with Gasteiger partial charge in [0.05, 0.1) is 0 Å². The fourth-order valence-corrected chi connectivity index (χ4v) is 0.721. The van der Waals surface area contributed by atoms with Gasteiger partial charge in [-0.05, 0) is 18.9 Å². The highest BCUT2D eigenvalue weighted by molar-refractivity contribution is 5.23. The summed E-state index contributed by atoms with van der Waals surface area (Å²) >= 11 is 0. The molecular formula is C8H13N3. The zero-order valence-corrected chi connectivity index (χ0v) is 6.96. The standard InChI is InChI=1S/C8H13N3/c1-3-4-9-8-10-5-7(2)6-11-8/h5-6H,3-4H2,1-2H3,(H,9,10,11). The Balaban J connectivity index is 2.52. The summed E-state index contributed by atoms with van der Waals surface area (Å²) in [5.41, 5.74) is 1.09. The van der Waals surface area contributed by atoms with Gasteiger partial charge in [0.1, 0.15) is 0 Å². The van der Waals surface area contributed by atoms with Gasteiger partial charge >= 0.3 is 0 Å². The normalized spacial score (nSPS) is 9.64. The molecule has 11 heavy (non-hydrogen) atoms. The summed E-state index contributed by atoms with van der Waals surface area (Å²) in [5, 5.41) is 3.10. The van der Waals surface area contributed by atoms with Crippen LogP contribution in [0.3, 0.4) is 0 Å². The lowest BCUT2D eigenvalue weighted by Gasteiger charge is -2.00. The summed E-state index contributed by atoms with van der Waals surface area (Å²) in [6.07, 6.45) is 4.72. The first-order valence-corrected chi connectivity index (χ1v) is 3.85. The average Bonchev–Trinajstić information content (AvgIpc) is 2.04. The van der Waals surface area contributed by atoms with Gasteiger partial charge in [0.2, 0.25) is 5.95 Å². The zero-order valence-electron chi connectivity index (χ0n) is 6.96. The van der Waals surface area contributed by atoms with E-state index in [0.717, 1.165) is 24.5 Å². The second-order valence-electron chi connectivity index (χ2n) is 2.51. The molecule has 0 fully saturated rings. The monoisotopic (exact) mass is 151 g/mol. The van der Waals surface area contributed by atoms with E-state index in [2.05, 4.69) is 22.2 Å². The number of aryl methyl sites for hydroxylation is 1. The molecule has 0 aromatic carbocycles. The van der Waals surface area contributed by atoms with Gasteiger partial charge < -0.3 is 5.32 Å². The van der Waals surface area contributed by atoms with Gasteiger partial charge in [0.25, 0.3) is 0 Å². The minimum Gasteiger partial charge on any atom is -0.354 e. The van der Waals surface area contributed by atoms with Crippen LogP contribution in [0.5, 0.6) is 0 Å². The summed E-state index contributed by atoms with van der Waals surface area (Å²) in [4.78, 5) is 8.19. The van der Waals surface area contributed by atoms with Gasteiger partial charge in [0.15, 0.2) is 0 Å². The molecule has 0 saturated heterocycles. The number of hydrogen-bond acceptors (Lipinski definition) is 3. The molecule has 0 bridgehead atoms. The summed E-state index contributed by atoms with van der Waals surface area (Å²) < 4.78 is 0. The van der Waals surface area contributed by atoms with E-state index in [-0.39, 0.29) is 0 Å². The smallest absolute Gasteiger partial charge is 0.222 e. The quantitative estimate of drug-likeness (QED) is 0.713. The fraction of sp³-hybridized carbons (Fsp3) is 0.500. The molecule has 1 rings (SSSR count). The number of nitrogens with zero attached hydrogens (tertiary/aromatic N) is 2. The van der Waals surface area contributed by atoms with E-state index in [1.165, 1.54) is 0 Å². The predicted molar refractivity (Wildman–Crippen MR) is 45.5 cm³/mol. The van der Waals surface area contributed by atoms with Crippen molar-refractivity contribution >= 4 is 5.95 Å². The number of nitrogens with one attached hydrogen (secondary N) is 1. The maximum atomic E-state index is 4.09. The van der Waals surface area contributed by atoms with Crippen molar-refractivity contribution in [2.24, 2.45) is 0 Å². The molecule has 0 aliphatic heterocycles. The first kappa shape index (κ1) is 7.98. The second-order valence-corrected chi connectivity index (χ2v) is 2.51. The summed E-state index contributed by atoms with van der Waals surface area (Å²) in [6, 6.07) is 0. The van der Waals surface area contributed by atoms with Crippen LogP contribution in [0.2, 0.25) is 0 Å². The van der Waals surface area contributed by atoms with Crippen LogP contribution in [0, 0.1) is 6.92 Å². The third-order valence-electron chi connectivity index (χ3n) is 1.31. The van der Waals surface area contributed by atoms with Gasteiger partial charge in [-0.15, -0.1) is 0 Å². The molecule has 1 N–H and O–H groups in total. The predicted octanol–water partition coefficient (Wildman–Crippen LogP) is 1.61. The highest BCUT2D eigenvalue weighted by Gasteiger charge is 1.90. The van der Waals surface area contributed by atoms with Crippen molar-refractivity contribution in [2.75, 3.05) is 11.9 Å². The second kappa shape index (κ2) is 3.91. The Labute approximate surface area is 66.9 Å². The number of rotatable bonds is 3. The Kier molecular flexibility index (Phi) is 2.83. The van der Waals surface area contributed by atoms with E-state index in [4.69, 9.17) is 0 Å². The Bertz CT molecular complexity index is 205. The number of hydrogen-bond donors (Lipinski definition) is 1. The highest BCUT2D eigenvalue weighted by atomic mass is 15.1. The van der Waals surface area contributed by atoms with Crippen LogP contribution in [-0.4, -0.2) is 16.5 Å². The third-order valence-corrected chi connectivity index (χ3v) is 1.31. The molecule has 3 heteroatoms. The fourth-order valence-electron chi connectivity index (χ4n) is 0.721. The lowest BCUT2D eigenvalue weighted by Crippen LogP contribution is -2.03. The minimum absolute atomic E-state index is 0.720. The molecule has 0 amide bonds. The largest absolute Gasteiger partial charge is 0.354 e. The zero-order chi connectivity index (χ0) is 8.10. The highest BCUT2D eigenvalue weighted by Crippen LogP contribution is 1.97. The molecule has 3 nitrogen and oxygen atoms in total. The van der Waals surface area contributed by atoms with E-state index < -0.39 is 0 Å². The van der Waals surface area contributed by atoms with Crippen molar-refractivity contribution in [2.45, 2.75) is 20.3 Å². The van der Waals surface area contributed by atoms with E-state index in [1.807, 2.05) is 19.3 Å². The Hall–Kier alpha value is -1.12. The maximum Gasteiger partial charge on any atom is 0.222 e. The van der Waals surface area contributed by atoms with Crippen molar-refractivity contribution in [3.05, 3.63) is 18.0 Å². The Morgan fingerprint density at radius 2 is 2.00 bits per heavy atom. The van der Waals surface area contributed by atoms with Crippen LogP contribution in [0.4, 0.5) is 5.95 Å². The van der Waals surface area contributed by atoms with Crippen molar-refractivity contribution in [1.82, 2.24) is 9.97 Å². The first-order chi connectivity index (χ1) is 5.33. The van der Waals surface area contributed by atoms with Gasteiger partial charge in [-0.25, -0.2) is 9.97 Å². The Morgan fingerprint density at radius 1 is 1.36 bits per heavy atom. The lowest BCUT2D eigenvalue weighted by molar-refractivity contribution is 0.949. The van der Waals surface area contributed by atoms with Crippen molar-refractivity contribution in [3.63, 3.8) is 0 Å². The topological polar surface area (TPSA) is 37.8 Å². The van der Waals surface area contributed by atoms with Gasteiger partial charge in [0, 0.05) is 18.9 Å². The maximum absolute atomic E-state index is 4.09. The lowest BCUT2D eigenvalue weighted by atomic mass is 10.4. The Morgan fingerprint density at radius 3 is 2.55 bits per heavy atom. The molecule has 60 valence electrons. The summed E-state index contributed by atoms with van der Waals surface area (Å²) in [5.74, 6) is 0.720. The third kappa shape index (κ3) is 2.53. The molecule has 0 unspecified atom stereocenters. The molecule has 1 aromatic heterocycles. The van der Waals surface area contributed by atoms with Crippen molar-refractivity contribution in [1.29, 1.82) is 0 Å². The van der Waals surface area contributed by atoms with Crippen LogP contribution in [0.1, 0.15) is 18.9 Å². The number of aromatic nitrogens is 2. The molecule has 0 aliphatic carbocycles. The van der Waals surface area contributed by atoms with Crippen LogP contribution in [0.25, 0.3) is 0 Å². The van der Waals surface area contributed by atoms with Gasteiger partial charge in [-0.3, -0.25) is 0 Å². The van der Waals surface area contributed by atoms with E-state index in [9.17, 15) is 0 Å². The molecule has 0 saturated carbocycles. The van der Waals surface area contributed by atoms with Crippen LogP contribution < -0.4 is 5.32 Å².